The number of allylic oxidation sites excluding steroid dienone is 1. The van der Waals surface area contributed by atoms with Gasteiger partial charge in [-0.25, -0.2) is 9.59 Å². The normalized spacial score (nSPS) is 18.8. The topological polar surface area (TPSA) is 58.6 Å². The molecule has 21 heavy (non-hydrogen) atoms. The van der Waals surface area contributed by atoms with Crippen molar-refractivity contribution < 1.29 is 14.3 Å². The highest BCUT2D eigenvalue weighted by molar-refractivity contribution is 9.10. The van der Waals surface area contributed by atoms with Gasteiger partial charge in [-0.15, -0.1) is 11.3 Å². The molecule has 1 atom stereocenters. The number of ether oxygens (including phenoxy) is 1. The molecular formula is C14H17BrN2O3S. The highest BCUT2D eigenvalue weighted by atomic mass is 79.9. The molecule has 1 aromatic heterocycles. The number of halogens is 1. The van der Waals surface area contributed by atoms with Gasteiger partial charge in [0.25, 0.3) is 0 Å². The summed E-state index contributed by atoms with van der Waals surface area (Å²) in [6.45, 7) is 6.22. The van der Waals surface area contributed by atoms with Crippen molar-refractivity contribution in [1.82, 2.24) is 10.2 Å². The molecule has 1 aliphatic rings. The van der Waals surface area contributed by atoms with Crippen molar-refractivity contribution in [2.75, 3.05) is 13.2 Å². The molecule has 1 aromatic rings. The van der Waals surface area contributed by atoms with Gasteiger partial charge in [0.2, 0.25) is 0 Å². The van der Waals surface area contributed by atoms with Crippen molar-refractivity contribution in [3.63, 3.8) is 0 Å². The summed E-state index contributed by atoms with van der Waals surface area (Å²) in [5, 5.41) is 4.81. The Kier molecular flexibility index (Phi) is 5.05. The Hall–Kier alpha value is -1.34. The molecule has 2 amide bonds. The fourth-order valence-corrected chi connectivity index (χ4v) is 3.83. The van der Waals surface area contributed by atoms with Crippen LogP contribution in [-0.4, -0.2) is 30.1 Å². The molecule has 2 rings (SSSR count). The average Bonchev–Trinajstić information content (AvgIpc) is 2.85. The second kappa shape index (κ2) is 6.62. The summed E-state index contributed by atoms with van der Waals surface area (Å²) in [5.74, 6) is -0.386. The number of nitrogens with one attached hydrogen (secondary N) is 1. The third-order valence-electron chi connectivity index (χ3n) is 3.28. The molecule has 114 valence electrons. The Balaban J connectivity index is 2.49. The van der Waals surface area contributed by atoms with Crippen molar-refractivity contribution in [1.29, 1.82) is 0 Å². The first-order valence-electron chi connectivity index (χ1n) is 6.69. The van der Waals surface area contributed by atoms with Crippen LogP contribution in [0.3, 0.4) is 0 Å². The minimum absolute atomic E-state index is 0.197. The summed E-state index contributed by atoms with van der Waals surface area (Å²) in [5.41, 5.74) is 1.14. The Morgan fingerprint density at radius 1 is 1.52 bits per heavy atom. The quantitative estimate of drug-likeness (QED) is 0.823. The van der Waals surface area contributed by atoms with E-state index in [1.165, 1.54) is 11.3 Å². The molecule has 0 unspecified atom stereocenters. The van der Waals surface area contributed by atoms with Crippen LogP contribution in [0.1, 0.15) is 31.7 Å². The molecule has 0 saturated heterocycles. The number of hydrogen-bond acceptors (Lipinski definition) is 4. The predicted molar refractivity (Wildman–Crippen MR) is 85.0 cm³/mol. The molecule has 0 saturated carbocycles. The van der Waals surface area contributed by atoms with Gasteiger partial charge in [-0.3, -0.25) is 4.90 Å². The predicted octanol–water partition coefficient (Wildman–Crippen LogP) is 3.43. The number of rotatable bonds is 4. The number of amides is 2. The Bertz CT molecular complexity index is 597. The number of esters is 1. The maximum atomic E-state index is 12.3. The van der Waals surface area contributed by atoms with E-state index in [2.05, 4.69) is 21.2 Å². The lowest BCUT2D eigenvalue weighted by atomic mass is 10.0. The van der Waals surface area contributed by atoms with Gasteiger partial charge < -0.3 is 10.1 Å². The van der Waals surface area contributed by atoms with Gasteiger partial charge in [-0.05, 0) is 42.8 Å². The second-order valence-corrected chi connectivity index (χ2v) is 6.37. The van der Waals surface area contributed by atoms with E-state index in [0.29, 0.717) is 24.4 Å². The molecule has 1 N–H and O–H groups in total. The zero-order chi connectivity index (χ0) is 15.6. The molecule has 0 aromatic carbocycles. The smallest absolute Gasteiger partial charge is 0.338 e. The summed E-state index contributed by atoms with van der Waals surface area (Å²) >= 11 is 4.88. The third kappa shape index (κ3) is 3.13. The standard InChI is InChI=1S/C14H17BrN2O3S/c1-4-17-8(3)11(13(18)20-5-2)12(16-14(17)19)10-6-9(15)7-21-10/h6-7,12H,4-5H2,1-3H3,(H,16,19)/t12-/m1/s1. The third-order valence-corrected chi connectivity index (χ3v) is 5.04. The molecule has 5 nitrogen and oxygen atoms in total. The van der Waals surface area contributed by atoms with Crippen LogP contribution in [0.4, 0.5) is 4.79 Å². The van der Waals surface area contributed by atoms with Gasteiger partial charge in [-0.1, -0.05) is 0 Å². The molecule has 0 fully saturated rings. The summed E-state index contributed by atoms with van der Waals surface area (Å²) in [4.78, 5) is 26.9. The van der Waals surface area contributed by atoms with Crippen LogP contribution in [0.15, 0.2) is 27.2 Å². The van der Waals surface area contributed by atoms with Crippen LogP contribution in [0.2, 0.25) is 0 Å². The van der Waals surface area contributed by atoms with Crippen LogP contribution < -0.4 is 5.32 Å². The van der Waals surface area contributed by atoms with Crippen LogP contribution in [0.5, 0.6) is 0 Å². The van der Waals surface area contributed by atoms with E-state index in [1.807, 2.05) is 18.4 Å². The van der Waals surface area contributed by atoms with Gasteiger partial charge >= 0.3 is 12.0 Å². The first-order valence-corrected chi connectivity index (χ1v) is 8.36. The van der Waals surface area contributed by atoms with Gasteiger partial charge in [-0.2, -0.15) is 0 Å². The fraction of sp³-hybridized carbons (Fsp3) is 0.429. The van der Waals surface area contributed by atoms with E-state index < -0.39 is 6.04 Å². The maximum Gasteiger partial charge on any atom is 0.338 e. The summed E-state index contributed by atoms with van der Waals surface area (Å²) in [6, 6.07) is 1.25. The van der Waals surface area contributed by atoms with E-state index in [1.54, 1.807) is 18.7 Å². The van der Waals surface area contributed by atoms with Crippen LogP contribution in [0.25, 0.3) is 0 Å². The summed E-state index contributed by atoms with van der Waals surface area (Å²) in [6.07, 6.45) is 0. The number of urea groups is 1. The number of nitrogens with zero attached hydrogens (tertiary/aromatic N) is 1. The Morgan fingerprint density at radius 3 is 2.76 bits per heavy atom. The molecule has 1 aliphatic heterocycles. The average molecular weight is 373 g/mol. The van der Waals surface area contributed by atoms with E-state index >= 15 is 0 Å². The maximum absolute atomic E-state index is 12.3. The van der Waals surface area contributed by atoms with Crippen LogP contribution in [-0.2, 0) is 9.53 Å². The summed E-state index contributed by atoms with van der Waals surface area (Å²) < 4.78 is 6.08. The number of hydrogen-bond donors (Lipinski definition) is 1. The SMILES string of the molecule is CCOC(=O)C1=C(C)N(CC)C(=O)N[C@@H]1c1cc(Br)cs1. The molecule has 7 heteroatoms. The minimum atomic E-state index is -0.462. The highest BCUT2D eigenvalue weighted by Crippen LogP contribution is 2.35. The lowest BCUT2D eigenvalue weighted by Gasteiger charge is -2.34. The zero-order valence-electron chi connectivity index (χ0n) is 12.1. The minimum Gasteiger partial charge on any atom is -0.463 e. The monoisotopic (exact) mass is 372 g/mol. The van der Waals surface area contributed by atoms with E-state index in [4.69, 9.17) is 4.74 Å². The number of carbonyl (C=O) groups excluding carboxylic acids is 2. The molecule has 0 radical (unpaired) electrons. The van der Waals surface area contributed by atoms with Crippen molar-refractivity contribution in [3.8, 4) is 0 Å². The van der Waals surface area contributed by atoms with Crippen molar-refractivity contribution in [2.24, 2.45) is 0 Å². The van der Waals surface area contributed by atoms with Gasteiger partial charge in [0, 0.05) is 27.0 Å². The second-order valence-electron chi connectivity index (χ2n) is 4.51. The molecule has 0 spiro atoms. The van der Waals surface area contributed by atoms with Crippen molar-refractivity contribution in [3.05, 3.63) is 32.1 Å². The lowest BCUT2D eigenvalue weighted by molar-refractivity contribution is -0.139. The van der Waals surface area contributed by atoms with E-state index in [0.717, 1.165) is 9.35 Å². The molecular weight excluding hydrogens is 356 g/mol. The van der Waals surface area contributed by atoms with E-state index in [9.17, 15) is 9.59 Å². The Morgan fingerprint density at radius 2 is 2.24 bits per heavy atom. The van der Waals surface area contributed by atoms with Gasteiger partial charge in [0.1, 0.15) is 0 Å². The first kappa shape index (κ1) is 16.0. The van der Waals surface area contributed by atoms with E-state index in [-0.39, 0.29) is 12.0 Å². The number of thiophene rings is 1. The first-order chi connectivity index (χ1) is 9.99. The van der Waals surface area contributed by atoms with Crippen molar-refractivity contribution >= 4 is 39.3 Å². The fourth-order valence-electron chi connectivity index (χ4n) is 2.33. The summed E-state index contributed by atoms with van der Waals surface area (Å²) in [7, 11) is 0. The number of carbonyl (C=O) groups is 2. The van der Waals surface area contributed by atoms with Crippen molar-refractivity contribution in [2.45, 2.75) is 26.8 Å². The van der Waals surface area contributed by atoms with Crippen LogP contribution >= 0.6 is 27.3 Å². The zero-order valence-corrected chi connectivity index (χ0v) is 14.5. The molecule has 0 bridgehead atoms. The van der Waals surface area contributed by atoms with Gasteiger partial charge in [0.05, 0.1) is 18.2 Å². The highest BCUT2D eigenvalue weighted by Gasteiger charge is 2.36. The van der Waals surface area contributed by atoms with Gasteiger partial charge in [0.15, 0.2) is 0 Å². The Labute approximate surface area is 136 Å². The molecule has 0 aliphatic carbocycles. The van der Waals surface area contributed by atoms with Crippen LogP contribution in [0, 0.1) is 0 Å². The molecule has 2 heterocycles. The largest absolute Gasteiger partial charge is 0.463 e. The lowest BCUT2D eigenvalue weighted by Crippen LogP contribution is -2.47.